The summed E-state index contributed by atoms with van der Waals surface area (Å²) in [5.41, 5.74) is 4.31. The molecule has 0 aliphatic rings. The maximum Gasteiger partial charge on any atom is 0.573 e. The van der Waals surface area contributed by atoms with Crippen LogP contribution in [0.15, 0.2) is 18.2 Å². The molecule has 0 spiro atoms. The van der Waals surface area contributed by atoms with Crippen LogP contribution in [0.1, 0.15) is 10.5 Å². The topological polar surface area (TPSA) is 134 Å². The summed E-state index contributed by atoms with van der Waals surface area (Å²) in [4.78, 5) is 11.2. The summed E-state index contributed by atoms with van der Waals surface area (Å²) in [6.07, 6.45) is -5.00. The number of H-pyrrole nitrogens is 1. The van der Waals surface area contributed by atoms with Gasteiger partial charge < -0.3 is 20.5 Å². The van der Waals surface area contributed by atoms with Crippen LogP contribution in [0.5, 0.6) is 5.75 Å². The molecule has 0 saturated carbocycles. The summed E-state index contributed by atoms with van der Waals surface area (Å²) in [5.74, 6) is -1.71. The van der Waals surface area contributed by atoms with Gasteiger partial charge in [-0.1, -0.05) is 0 Å². The first-order valence-corrected chi connectivity index (χ1v) is 5.66. The van der Waals surface area contributed by atoms with Crippen LogP contribution in [0, 0.1) is 0 Å². The number of rotatable bonds is 4. The van der Waals surface area contributed by atoms with Gasteiger partial charge in [0.1, 0.15) is 11.4 Å². The molecule has 0 aliphatic heterocycles. The molecule has 22 heavy (non-hydrogen) atoms. The minimum Gasteiger partial charge on any atom is -0.423 e. The molecule has 0 fully saturated rings. The van der Waals surface area contributed by atoms with E-state index >= 15 is 0 Å². The second-order valence-electron chi connectivity index (χ2n) is 4.06. The number of primary amides is 1. The van der Waals surface area contributed by atoms with Gasteiger partial charge in [-0.15, -0.1) is 13.2 Å². The van der Waals surface area contributed by atoms with E-state index in [4.69, 9.17) is 5.73 Å². The van der Waals surface area contributed by atoms with E-state index in [9.17, 15) is 28.0 Å². The molecule has 0 radical (unpaired) electrons. The normalized spacial score (nSPS) is 11.3. The van der Waals surface area contributed by atoms with E-state index in [-0.39, 0.29) is 17.0 Å². The zero-order chi connectivity index (χ0) is 16.5. The monoisotopic (exact) mass is 316 g/mol. The van der Waals surface area contributed by atoms with Crippen molar-refractivity contribution >= 4 is 18.5 Å². The number of nitrogens with one attached hydrogen (secondary N) is 1. The number of hydrogen-bond acceptors (Lipinski definition) is 6. The third kappa shape index (κ3) is 3.35. The number of carbonyl (C=O) groups excluding carboxylic acids is 1. The van der Waals surface area contributed by atoms with Gasteiger partial charge in [-0.3, -0.25) is 4.79 Å². The predicted octanol–water partition coefficient (Wildman–Crippen LogP) is -0.851. The molecule has 5 N–H and O–H groups in total. The highest BCUT2D eigenvalue weighted by molar-refractivity contribution is 6.59. The van der Waals surface area contributed by atoms with Gasteiger partial charge in [-0.25, -0.2) is 0 Å². The number of ether oxygens (including phenoxy) is 1. The maximum absolute atomic E-state index is 12.3. The fourth-order valence-electron chi connectivity index (χ4n) is 1.72. The summed E-state index contributed by atoms with van der Waals surface area (Å²) in [5, 5.41) is 27.6. The minimum absolute atomic E-state index is 0.0482. The largest absolute Gasteiger partial charge is 0.573 e. The van der Waals surface area contributed by atoms with Crippen LogP contribution in [0.25, 0.3) is 11.3 Å². The average Bonchev–Trinajstić information content (AvgIpc) is 2.86. The van der Waals surface area contributed by atoms with Crippen molar-refractivity contribution in [3.05, 3.63) is 23.9 Å². The molecule has 0 unspecified atom stereocenters. The van der Waals surface area contributed by atoms with Crippen molar-refractivity contribution in [1.82, 2.24) is 15.4 Å². The predicted molar refractivity (Wildman–Crippen MR) is 66.8 cm³/mol. The zero-order valence-electron chi connectivity index (χ0n) is 10.6. The Balaban J connectivity index is 2.50. The van der Waals surface area contributed by atoms with Gasteiger partial charge in [0.05, 0.1) is 0 Å². The Bertz CT molecular complexity index is 704. The van der Waals surface area contributed by atoms with E-state index in [1.54, 1.807) is 0 Å². The molecule has 2 aromatic rings. The number of aromatic nitrogens is 3. The lowest BCUT2D eigenvalue weighted by molar-refractivity contribution is -0.274. The van der Waals surface area contributed by atoms with Crippen molar-refractivity contribution in [3.63, 3.8) is 0 Å². The molecule has 0 atom stereocenters. The van der Waals surface area contributed by atoms with E-state index in [2.05, 4.69) is 20.1 Å². The molecule has 1 aromatic carbocycles. The molecule has 0 aliphatic carbocycles. The molecule has 0 bridgehead atoms. The van der Waals surface area contributed by atoms with Gasteiger partial charge in [0, 0.05) is 11.0 Å². The summed E-state index contributed by atoms with van der Waals surface area (Å²) in [7, 11) is -2.23. The molecule has 12 heteroatoms. The molecule has 1 amide bonds. The van der Waals surface area contributed by atoms with Crippen LogP contribution in [0.4, 0.5) is 13.2 Å². The van der Waals surface area contributed by atoms with Gasteiger partial charge in [-0.2, -0.15) is 15.4 Å². The third-order valence-corrected chi connectivity index (χ3v) is 2.57. The summed E-state index contributed by atoms with van der Waals surface area (Å²) in [6, 6.07) is 2.96. The maximum atomic E-state index is 12.3. The second-order valence-corrected chi connectivity index (χ2v) is 4.06. The van der Waals surface area contributed by atoms with Gasteiger partial charge in [0.25, 0.3) is 5.91 Å². The Hall–Kier alpha value is -2.60. The fraction of sp³-hybridized carbons (Fsp3) is 0.100. The Kier molecular flexibility index (Phi) is 4.06. The van der Waals surface area contributed by atoms with Crippen molar-refractivity contribution in [2.24, 2.45) is 5.73 Å². The van der Waals surface area contributed by atoms with Crippen LogP contribution in [0.2, 0.25) is 0 Å². The molecular formula is C10H8BF3N4O4. The summed E-state index contributed by atoms with van der Waals surface area (Å²) >= 11 is 0. The van der Waals surface area contributed by atoms with Gasteiger partial charge >= 0.3 is 13.5 Å². The first-order valence-electron chi connectivity index (χ1n) is 5.66. The van der Waals surface area contributed by atoms with Crippen molar-refractivity contribution in [1.29, 1.82) is 0 Å². The molecule has 1 aromatic heterocycles. The number of carbonyl (C=O) groups is 1. The van der Waals surface area contributed by atoms with Crippen LogP contribution < -0.4 is 15.9 Å². The number of benzene rings is 1. The van der Waals surface area contributed by atoms with Crippen LogP contribution in [0.3, 0.4) is 0 Å². The highest BCUT2D eigenvalue weighted by Crippen LogP contribution is 2.25. The number of amides is 1. The minimum atomic E-state index is -5.00. The van der Waals surface area contributed by atoms with Gasteiger partial charge in [-0.05, 0) is 18.2 Å². The highest BCUT2D eigenvalue weighted by Gasteiger charge is 2.34. The highest BCUT2D eigenvalue weighted by atomic mass is 19.4. The number of nitrogens with two attached hydrogens (primary N) is 1. The van der Waals surface area contributed by atoms with Gasteiger partial charge in [0.2, 0.25) is 0 Å². The lowest BCUT2D eigenvalue weighted by Crippen LogP contribution is -2.34. The van der Waals surface area contributed by atoms with Crippen molar-refractivity contribution in [2.75, 3.05) is 0 Å². The summed E-state index contributed by atoms with van der Waals surface area (Å²) < 4.78 is 40.5. The van der Waals surface area contributed by atoms with Gasteiger partial charge in [0.15, 0.2) is 5.69 Å². The number of nitrogens with zero attached hydrogens (tertiary/aromatic N) is 2. The molecule has 0 saturated heterocycles. The average molecular weight is 316 g/mol. The SMILES string of the molecule is NC(=O)c1n[nH]nc1-c1ccc(OC(F)(F)F)c(B(O)O)c1. The van der Waals surface area contributed by atoms with Crippen LogP contribution in [-0.4, -0.2) is 44.8 Å². The number of halogens is 3. The Labute approximate surface area is 120 Å². The quantitative estimate of drug-likeness (QED) is 0.543. The Morgan fingerprint density at radius 2 is 2.00 bits per heavy atom. The summed E-state index contributed by atoms with van der Waals surface area (Å²) in [6.45, 7) is 0. The first kappa shape index (κ1) is 15.8. The standard InChI is InChI=1S/C10H8BF3N4O4/c12-10(13,14)22-6-2-1-4(3-5(6)11(20)21)7-8(9(15)19)17-18-16-7/h1-3,20-21H,(H2,15,19)(H,16,17,18). The van der Waals surface area contributed by atoms with E-state index < -0.39 is 30.6 Å². The number of hydrogen-bond donors (Lipinski definition) is 4. The molecule has 2 rings (SSSR count). The van der Waals surface area contributed by atoms with Crippen LogP contribution >= 0.6 is 0 Å². The second kappa shape index (κ2) is 5.65. The molecule has 1 heterocycles. The lowest BCUT2D eigenvalue weighted by Gasteiger charge is -2.13. The van der Waals surface area contributed by atoms with Crippen molar-refractivity contribution < 1.29 is 32.8 Å². The van der Waals surface area contributed by atoms with Crippen molar-refractivity contribution in [2.45, 2.75) is 6.36 Å². The number of alkyl halides is 3. The first-order chi connectivity index (χ1) is 10.2. The van der Waals surface area contributed by atoms with E-state index in [0.29, 0.717) is 0 Å². The smallest absolute Gasteiger partial charge is 0.423 e. The zero-order valence-corrected chi connectivity index (χ0v) is 10.6. The molecule has 116 valence electrons. The fourth-order valence-corrected chi connectivity index (χ4v) is 1.72. The van der Waals surface area contributed by atoms with E-state index in [1.165, 1.54) is 0 Å². The number of aromatic amines is 1. The Morgan fingerprint density at radius 1 is 1.32 bits per heavy atom. The van der Waals surface area contributed by atoms with E-state index in [1.807, 2.05) is 0 Å². The molecular weight excluding hydrogens is 308 g/mol. The molecule has 8 nitrogen and oxygen atoms in total. The third-order valence-electron chi connectivity index (χ3n) is 2.57. The van der Waals surface area contributed by atoms with Crippen molar-refractivity contribution in [3.8, 4) is 17.0 Å². The lowest BCUT2D eigenvalue weighted by atomic mass is 9.78. The van der Waals surface area contributed by atoms with E-state index in [0.717, 1.165) is 18.2 Å². The van der Waals surface area contributed by atoms with Crippen LogP contribution in [-0.2, 0) is 0 Å². The Morgan fingerprint density at radius 3 is 2.55 bits per heavy atom.